The van der Waals surface area contributed by atoms with Crippen molar-refractivity contribution in [2.45, 2.75) is 33.7 Å². The molecule has 0 aliphatic heterocycles. The minimum atomic E-state index is -0.490. The average Bonchev–Trinajstić information content (AvgIpc) is 3.01. The molecule has 0 bridgehead atoms. The van der Waals surface area contributed by atoms with Crippen LogP contribution >= 0.6 is 11.3 Å². The first kappa shape index (κ1) is 21.4. The second-order valence-corrected chi connectivity index (χ2v) is 7.79. The van der Waals surface area contributed by atoms with E-state index in [0.29, 0.717) is 15.0 Å². The number of nitro groups is 1. The molecule has 9 heteroatoms. The number of rotatable bonds is 6. The van der Waals surface area contributed by atoms with Crippen molar-refractivity contribution in [3.05, 3.63) is 68.0 Å². The molecule has 3 aromatic rings. The second-order valence-electron chi connectivity index (χ2n) is 6.79. The van der Waals surface area contributed by atoms with Gasteiger partial charge >= 0.3 is 5.97 Å². The summed E-state index contributed by atoms with van der Waals surface area (Å²) in [5.74, 6) is -0.837. The zero-order chi connectivity index (χ0) is 21.8. The lowest BCUT2D eigenvalue weighted by atomic mass is 10.0. The van der Waals surface area contributed by atoms with Gasteiger partial charge in [-0.1, -0.05) is 29.5 Å². The van der Waals surface area contributed by atoms with Crippen molar-refractivity contribution >= 4 is 39.1 Å². The summed E-state index contributed by atoms with van der Waals surface area (Å²) in [6, 6.07) is 10.1. The molecule has 30 heavy (non-hydrogen) atoms. The van der Waals surface area contributed by atoms with E-state index in [1.165, 1.54) is 12.1 Å². The van der Waals surface area contributed by atoms with Crippen LogP contribution in [-0.4, -0.2) is 28.0 Å². The fraction of sp³-hybridized carbons (Fsp3) is 0.286. The van der Waals surface area contributed by atoms with E-state index in [2.05, 4.69) is 4.99 Å². The van der Waals surface area contributed by atoms with Crippen molar-refractivity contribution in [2.24, 2.45) is 4.99 Å². The van der Waals surface area contributed by atoms with Crippen molar-refractivity contribution in [3.63, 3.8) is 0 Å². The number of aryl methyl sites for hydroxylation is 2. The summed E-state index contributed by atoms with van der Waals surface area (Å²) >= 11 is 1.12. The molecule has 0 aliphatic rings. The van der Waals surface area contributed by atoms with Gasteiger partial charge in [0.1, 0.15) is 6.54 Å². The van der Waals surface area contributed by atoms with Crippen molar-refractivity contribution in [1.82, 2.24) is 4.57 Å². The largest absolute Gasteiger partial charge is 0.465 e. The van der Waals surface area contributed by atoms with Crippen molar-refractivity contribution in [3.8, 4) is 0 Å². The third-order valence-corrected chi connectivity index (χ3v) is 5.66. The van der Waals surface area contributed by atoms with Gasteiger partial charge in [-0.05, 0) is 43.5 Å². The van der Waals surface area contributed by atoms with E-state index in [4.69, 9.17) is 4.74 Å². The van der Waals surface area contributed by atoms with Gasteiger partial charge in [-0.3, -0.25) is 19.7 Å². The Morgan fingerprint density at radius 3 is 2.60 bits per heavy atom. The van der Waals surface area contributed by atoms with Crippen LogP contribution in [0.4, 0.5) is 5.69 Å². The number of fused-ring (bicyclic) bond motifs is 1. The Balaban J connectivity index is 2.02. The van der Waals surface area contributed by atoms with E-state index < -0.39 is 10.9 Å². The smallest absolute Gasteiger partial charge is 0.326 e. The lowest BCUT2D eigenvalue weighted by Crippen LogP contribution is -2.23. The van der Waals surface area contributed by atoms with E-state index in [9.17, 15) is 19.7 Å². The van der Waals surface area contributed by atoms with E-state index in [1.54, 1.807) is 17.6 Å². The molecule has 0 radical (unpaired) electrons. The quantitative estimate of drug-likeness (QED) is 0.340. The first-order valence-electron chi connectivity index (χ1n) is 9.35. The number of carbonyl (C=O) groups excluding carboxylic acids is 2. The molecule has 1 amide bonds. The molecule has 2 aromatic carbocycles. The number of aromatic nitrogens is 1. The van der Waals surface area contributed by atoms with E-state index >= 15 is 0 Å². The number of amides is 1. The highest BCUT2D eigenvalue weighted by Crippen LogP contribution is 2.23. The third kappa shape index (κ3) is 4.80. The van der Waals surface area contributed by atoms with Crippen LogP contribution in [0.25, 0.3) is 10.2 Å². The molecule has 1 heterocycles. The summed E-state index contributed by atoms with van der Waals surface area (Å²) in [5, 5.41) is 11.1. The van der Waals surface area contributed by atoms with Gasteiger partial charge in [0.2, 0.25) is 0 Å². The molecular formula is C21H21N3O5S. The van der Waals surface area contributed by atoms with Crippen LogP contribution in [-0.2, 0) is 27.3 Å². The monoisotopic (exact) mass is 427 g/mol. The molecule has 0 aliphatic carbocycles. The van der Waals surface area contributed by atoms with Gasteiger partial charge in [-0.2, -0.15) is 4.99 Å². The maximum absolute atomic E-state index is 12.6. The minimum absolute atomic E-state index is 0.0694. The third-order valence-electron chi connectivity index (χ3n) is 4.62. The Hall–Kier alpha value is -3.33. The highest BCUT2D eigenvalue weighted by molar-refractivity contribution is 7.16. The van der Waals surface area contributed by atoms with Gasteiger partial charge in [0.25, 0.3) is 11.6 Å². The Morgan fingerprint density at radius 2 is 1.93 bits per heavy atom. The molecule has 1 aromatic heterocycles. The molecular weight excluding hydrogens is 406 g/mol. The maximum Gasteiger partial charge on any atom is 0.326 e. The summed E-state index contributed by atoms with van der Waals surface area (Å²) < 4.78 is 7.13. The number of benzene rings is 2. The Morgan fingerprint density at radius 1 is 1.17 bits per heavy atom. The summed E-state index contributed by atoms with van der Waals surface area (Å²) in [5.41, 5.74) is 3.59. The lowest BCUT2D eigenvalue weighted by Gasteiger charge is -2.05. The number of nitro benzene ring substituents is 1. The molecule has 0 atom stereocenters. The van der Waals surface area contributed by atoms with Crippen molar-refractivity contribution < 1.29 is 19.2 Å². The van der Waals surface area contributed by atoms with Gasteiger partial charge in [0, 0.05) is 12.1 Å². The van der Waals surface area contributed by atoms with Gasteiger partial charge < -0.3 is 9.30 Å². The summed E-state index contributed by atoms with van der Waals surface area (Å²) in [6.07, 6.45) is 0.120. The zero-order valence-electron chi connectivity index (χ0n) is 16.9. The Bertz CT molecular complexity index is 1210. The first-order valence-corrected chi connectivity index (χ1v) is 10.2. The highest BCUT2D eigenvalue weighted by atomic mass is 32.1. The summed E-state index contributed by atoms with van der Waals surface area (Å²) in [7, 11) is 0. The minimum Gasteiger partial charge on any atom is -0.465 e. The van der Waals surface area contributed by atoms with Gasteiger partial charge in [0.05, 0.1) is 28.2 Å². The van der Waals surface area contributed by atoms with E-state index in [-0.39, 0.29) is 31.2 Å². The Kier molecular flexibility index (Phi) is 6.41. The molecule has 156 valence electrons. The summed E-state index contributed by atoms with van der Waals surface area (Å²) in [4.78, 5) is 39.7. The topological polar surface area (TPSA) is 104 Å². The standard InChI is InChI=1S/C21H21N3O5S/c1-4-29-20(26)12-23-17-8-7-16(24(27)28)11-18(17)30-21(23)22-19(25)10-15-6-5-13(2)14(3)9-15/h5-9,11H,4,10,12H2,1-3H3. The van der Waals surface area contributed by atoms with Crippen LogP contribution in [0.15, 0.2) is 41.4 Å². The number of nitrogens with zero attached hydrogens (tertiary/aromatic N) is 3. The molecule has 0 N–H and O–H groups in total. The number of hydrogen-bond acceptors (Lipinski definition) is 6. The van der Waals surface area contributed by atoms with Crippen LogP contribution in [0.2, 0.25) is 0 Å². The van der Waals surface area contributed by atoms with E-state index in [1.807, 2.05) is 32.0 Å². The Labute approximate surface area is 176 Å². The number of thiazole rings is 1. The second kappa shape index (κ2) is 9.00. The fourth-order valence-electron chi connectivity index (χ4n) is 2.98. The average molecular weight is 427 g/mol. The predicted molar refractivity (Wildman–Crippen MR) is 113 cm³/mol. The van der Waals surface area contributed by atoms with Gasteiger partial charge in [0.15, 0.2) is 4.80 Å². The van der Waals surface area contributed by atoms with Crippen LogP contribution in [0, 0.1) is 24.0 Å². The fourth-order valence-corrected chi connectivity index (χ4v) is 4.06. The number of hydrogen-bond donors (Lipinski definition) is 0. The molecule has 0 spiro atoms. The zero-order valence-corrected chi connectivity index (χ0v) is 17.7. The number of ether oxygens (including phenoxy) is 1. The number of non-ortho nitro benzene ring substituents is 1. The molecule has 0 saturated heterocycles. The highest BCUT2D eigenvalue weighted by Gasteiger charge is 2.15. The van der Waals surface area contributed by atoms with Crippen LogP contribution in [0.1, 0.15) is 23.6 Å². The molecule has 8 nitrogen and oxygen atoms in total. The predicted octanol–water partition coefficient (Wildman–Crippen LogP) is 3.46. The summed E-state index contributed by atoms with van der Waals surface area (Å²) in [6.45, 7) is 5.77. The van der Waals surface area contributed by atoms with Crippen molar-refractivity contribution in [2.75, 3.05) is 6.61 Å². The van der Waals surface area contributed by atoms with Gasteiger partial charge in [-0.25, -0.2) is 0 Å². The first-order chi connectivity index (χ1) is 14.3. The normalized spacial score (nSPS) is 11.6. The van der Waals surface area contributed by atoms with Crippen LogP contribution in [0.5, 0.6) is 0 Å². The van der Waals surface area contributed by atoms with Crippen LogP contribution < -0.4 is 4.80 Å². The SMILES string of the molecule is CCOC(=O)Cn1c(=NC(=O)Cc2ccc(C)c(C)c2)sc2cc([N+](=O)[O-])ccc21. The number of esters is 1. The molecule has 0 fully saturated rings. The molecule has 3 rings (SSSR count). The molecule has 0 unspecified atom stereocenters. The van der Waals surface area contributed by atoms with Crippen molar-refractivity contribution in [1.29, 1.82) is 0 Å². The van der Waals surface area contributed by atoms with Gasteiger partial charge in [-0.15, -0.1) is 0 Å². The molecule has 0 saturated carbocycles. The van der Waals surface area contributed by atoms with Crippen LogP contribution in [0.3, 0.4) is 0 Å². The number of carbonyl (C=O) groups is 2. The lowest BCUT2D eigenvalue weighted by molar-refractivity contribution is -0.384. The maximum atomic E-state index is 12.6. The van der Waals surface area contributed by atoms with E-state index in [0.717, 1.165) is 28.0 Å².